The maximum absolute atomic E-state index is 12.9. The summed E-state index contributed by atoms with van der Waals surface area (Å²) in [4.78, 5) is 21.0. The molecule has 2 aromatic heterocycles. The summed E-state index contributed by atoms with van der Waals surface area (Å²) in [6.07, 6.45) is 6.97. The first-order chi connectivity index (χ1) is 13.6. The van der Waals surface area contributed by atoms with Gasteiger partial charge in [0.25, 0.3) is 5.91 Å². The van der Waals surface area contributed by atoms with E-state index in [1.807, 2.05) is 12.1 Å². The minimum Gasteiger partial charge on any atom is -0.372 e. The second kappa shape index (κ2) is 8.62. The van der Waals surface area contributed by atoms with Gasteiger partial charge in [0.1, 0.15) is 5.82 Å². The van der Waals surface area contributed by atoms with Gasteiger partial charge in [0.2, 0.25) is 0 Å². The summed E-state index contributed by atoms with van der Waals surface area (Å²) in [6.45, 7) is 5.81. The molecule has 3 heterocycles. The van der Waals surface area contributed by atoms with Crippen molar-refractivity contribution in [3.63, 3.8) is 0 Å². The molecule has 2 aliphatic rings. The predicted octanol–water partition coefficient (Wildman–Crippen LogP) is 4.42. The third-order valence-corrected chi connectivity index (χ3v) is 6.72. The van der Waals surface area contributed by atoms with Crippen LogP contribution in [0.4, 0.5) is 5.82 Å². The second-order valence-corrected chi connectivity index (χ2v) is 9.06. The van der Waals surface area contributed by atoms with Crippen LogP contribution < -0.4 is 10.2 Å². The second-order valence-electron chi connectivity index (χ2n) is 8.08. The average molecular weight is 400 g/mol. The molecule has 2 aromatic rings. The third kappa shape index (κ3) is 4.39. The number of morpholine rings is 1. The van der Waals surface area contributed by atoms with Crippen molar-refractivity contribution in [2.75, 3.05) is 18.0 Å². The molecule has 1 saturated heterocycles. The van der Waals surface area contributed by atoms with Crippen molar-refractivity contribution in [3.8, 4) is 0 Å². The molecule has 1 saturated carbocycles. The van der Waals surface area contributed by atoms with Gasteiger partial charge in [-0.1, -0.05) is 18.9 Å². The van der Waals surface area contributed by atoms with Crippen molar-refractivity contribution in [2.45, 2.75) is 57.8 Å². The minimum atomic E-state index is -0.0342. The number of anilines is 1. The van der Waals surface area contributed by atoms with Crippen molar-refractivity contribution in [2.24, 2.45) is 5.92 Å². The molecule has 5 nitrogen and oxygen atoms in total. The highest BCUT2D eigenvalue weighted by Crippen LogP contribution is 2.37. The maximum atomic E-state index is 12.9. The Kier molecular flexibility index (Phi) is 5.97. The number of thiophene rings is 1. The van der Waals surface area contributed by atoms with E-state index >= 15 is 0 Å². The number of amides is 1. The molecule has 1 aliphatic heterocycles. The molecular formula is C22H29N3O2S. The van der Waals surface area contributed by atoms with Crippen LogP contribution >= 0.6 is 11.3 Å². The lowest BCUT2D eigenvalue weighted by atomic mass is 9.96. The summed E-state index contributed by atoms with van der Waals surface area (Å²) in [5.74, 6) is 1.41. The van der Waals surface area contributed by atoms with E-state index in [9.17, 15) is 4.79 Å². The fourth-order valence-electron chi connectivity index (χ4n) is 4.48. The molecule has 3 atom stereocenters. The van der Waals surface area contributed by atoms with Crippen LogP contribution in [0.2, 0.25) is 0 Å². The normalized spacial score (nSPS) is 24.3. The smallest absolute Gasteiger partial charge is 0.253 e. The van der Waals surface area contributed by atoms with Gasteiger partial charge >= 0.3 is 0 Å². The fourth-order valence-corrected chi connectivity index (χ4v) is 5.35. The quantitative estimate of drug-likeness (QED) is 0.809. The van der Waals surface area contributed by atoms with Crippen LogP contribution in [0, 0.1) is 5.92 Å². The van der Waals surface area contributed by atoms with Gasteiger partial charge in [-0.15, -0.1) is 11.3 Å². The highest BCUT2D eigenvalue weighted by atomic mass is 32.1. The van der Waals surface area contributed by atoms with Crippen molar-refractivity contribution in [3.05, 3.63) is 46.3 Å². The van der Waals surface area contributed by atoms with Gasteiger partial charge in [0.15, 0.2) is 0 Å². The van der Waals surface area contributed by atoms with Gasteiger partial charge in [-0.2, -0.15) is 0 Å². The molecule has 2 fully saturated rings. The molecule has 1 amide bonds. The Morgan fingerprint density at radius 3 is 2.57 bits per heavy atom. The first-order valence-electron chi connectivity index (χ1n) is 10.3. The molecule has 4 rings (SSSR count). The van der Waals surface area contributed by atoms with Crippen LogP contribution in [-0.2, 0) is 4.74 Å². The van der Waals surface area contributed by atoms with E-state index in [1.165, 1.54) is 30.6 Å². The van der Waals surface area contributed by atoms with Crippen molar-refractivity contribution in [1.29, 1.82) is 0 Å². The van der Waals surface area contributed by atoms with Crippen LogP contribution in [0.25, 0.3) is 0 Å². The van der Waals surface area contributed by atoms with Crippen molar-refractivity contribution >= 4 is 23.1 Å². The number of pyridine rings is 1. The highest BCUT2D eigenvalue weighted by Gasteiger charge is 2.29. The number of aromatic nitrogens is 1. The molecule has 0 radical (unpaired) electrons. The molecule has 0 spiro atoms. The SMILES string of the molecule is C[C@@H]1CN(c2ccc(C(=O)N[C@H](c3cccs3)C3CCCC3)cn2)C[C@@H](C)O1. The van der Waals surface area contributed by atoms with Crippen LogP contribution in [0.1, 0.15) is 60.8 Å². The fraction of sp³-hybridized carbons (Fsp3) is 0.545. The Morgan fingerprint density at radius 1 is 1.21 bits per heavy atom. The molecule has 150 valence electrons. The lowest BCUT2D eigenvalue weighted by Crippen LogP contribution is -2.45. The van der Waals surface area contributed by atoms with E-state index in [1.54, 1.807) is 17.5 Å². The molecule has 0 unspecified atom stereocenters. The van der Waals surface area contributed by atoms with Crippen LogP contribution in [-0.4, -0.2) is 36.2 Å². The first-order valence-corrected chi connectivity index (χ1v) is 11.2. The summed E-state index contributed by atoms with van der Waals surface area (Å²) < 4.78 is 5.80. The van der Waals surface area contributed by atoms with Gasteiger partial charge in [-0.25, -0.2) is 4.98 Å². The molecule has 6 heteroatoms. The number of hydrogen-bond acceptors (Lipinski definition) is 5. The summed E-state index contributed by atoms with van der Waals surface area (Å²) in [6, 6.07) is 8.15. The lowest BCUT2D eigenvalue weighted by Gasteiger charge is -2.36. The predicted molar refractivity (Wildman–Crippen MR) is 113 cm³/mol. The Balaban J connectivity index is 1.45. The molecule has 0 bridgehead atoms. The van der Waals surface area contributed by atoms with E-state index in [0.29, 0.717) is 11.5 Å². The van der Waals surface area contributed by atoms with E-state index < -0.39 is 0 Å². The Morgan fingerprint density at radius 2 is 1.96 bits per heavy atom. The van der Waals surface area contributed by atoms with Gasteiger partial charge in [-0.05, 0) is 56.2 Å². The molecule has 0 aromatic carbocycles. The first kappa shape index (κ1) is 19.4. The Hall–Kier alpha value is -1.92. The standard InChI is InChI=1S/C22H29N3O2S/c1-15-13-25(14-16(2)27-15)20-10-9-18(12-23-20)22(26)24-21(17-6-3-4-7-17)19-8-5-11-28-19/h5,8-12,15-17,21H,3-4,6-7,13-14H2,1-2H3,(H,24,26)/t15-,16-,21+/m1/s1. The van der Waals surface area contributed by atoms with Gasteiger partial charge in [-0.3, -0.25) is 4.79 Å². The molecule has 28 heavy (non-hydrogen) atoms. The summed E-state index contributed by atoms with van der Waals surface area (Å²) in [5, 5.41) is 5.38. The molecular weight excluding hydrogens is 370 g/mol. The van der Waals surface area contributed by atoms with Crippen molar-refractivity contribution in [1.82, 2.24) is 10.3 Å². The zero-order chi connectivity index (χ0) is 19.5. The number of nitrogens with zero attached hydrogens (tertiary/aromatic N) is 2. The number of nitrogens with one attached hydrogen (secondary N) is 1. The van der Waals surface area contributed by atoms with E-state index in [0.717, 1.165) is 18.9 Å². The van der Waals surface area contributed by atoms with E-state index in [-0.39, 0.29) is 24.2 Å². The average Bonchev–Trinajstić information content (AvgIpc) is 3.39. The Labute approximate surface area is 171 Å². The van der Waals surface area contributed by atoms with Crippen molar-refractivity contribution < 1.29 is 9.53 Å². The third-order valence-electron chi connectivity index (χ3n) is 5.76. The topological polar surface area (TPSA) is 54.5 Å². The lowest BCUT2D eigenvalue weighted by molar-refractivity contribution is -0.00546. The zero-order valence-electron chi connectivity index (χ0n) is 16.6. The summed E-state index contributed by atoms with van der Waals surface area (Å²) in [7, 11) is 0. The maximum Gasteiger partial charge on any atom is 0.253 e. The highest BCUT2D eigenvalue weighted by molar-refractivity contribution is 7.10. The number of carbonyl (C=O) groups is 1. The largest absolute Gasteiger partial charge is 0.372 e. The number of ether oxygens (including phenoxy) is 1. The van der Waals surface area contributed by atoms with Gasteiger partial charge in [0, 0.05) is 24.2 Å². The molecule has 1 N–H and O–H groups in total. The summed E-state index contributed by atoms with van der Waals surface area (Å²) >= 11 is 1.73. The molecule has 1 aliphatic carbocycles. The van der Waals surface area contributed by atoms with Crippen LogP contribution in [0.5, 0.6) is 0 Å². The minimum absolute atomic E-state index is 0.0342. The van der Waals surface area contributed by atoms with E-state index in [2.05, 4.69) is 46.6 Å². The van der Waals surface area contributed by atoms with E-state index in [4.69, 9.17) is 4.74 Å². The van der Waals surface area contributed by atoms with Crippen LogP contribution in [0.3, 0.4) is 0 Å². The monoisotopic (exact) mass is 399 g/mol. The summed E-state index contributed by atoms with van der Waals surface area (Å²) in [5.41, 5.74) is 0.623. The number of hydrogen-bond donors (Lipinski definition) is 1. The van der Waals surface area contributed by atoms with Crippen LogP contribution in [0.15, 0.2) is 35.8 Å². The number of rotatable bonds is 5. The zero-order valence-corrected chi connectivity index (χ0v) is 17.5. The Bertz CT molecular complexity index is 762. The van der Waals surface area contributed by atoms with Gasteiger partial charge < -0.3 is 15.0 Å². The van der Waals surface area contributed by atoms with Gasteiger partial charge in [0.05, 0.1) is 23.8 Å². The number of carbonyl (C=O) groups excluding carboxylic acids is 1.